The Kier molecular flexibility index (Phi) is 22.3. The Balaban J connectivity index is 0.000000360. The normalized spacial score (nSPS) is 15.2. The van der Waals surface area contributed by atoms with Crippen molar-refractivity contribution in [3.8, 4) is 22.3 Å². The Labute approximate surface area is 383 Å². The standard InChI is InChI=1S/2C26H31.2CH3.2ClH.Si.Zr/c2*1-3-14-26(15-5-4-6-16-26)19-21-17-23-8-7-9-24(25(23)18-21)22-12-10-20(2)11-13-22;;;;;;/h2*7-13,17-18H,3-6,14-16,19H2,1-2H3;2*1H3;2*1H;;/q4*-1;;;;. The second-order valence-corrected chi connectivity index (χ2v) is 17.1. The van der Waals surface area contributed by atoms with Crippen molar-refractivity contribution in [3.63, 3.8) is 0 Å². The van der Waals surface area contributed by atoms with Crippen molar-refractivity contribution >= 4 is 53.2 Å². The van der Waals surface area contributed by atoms with Crippen LogP contribution in [0.25, 0.3) is 43.8 Å². The third kappa shape index (κ3) is 12.9. The van der Waals surface area contributed by atoms with E-state index in [1.807, 2.05) is 0 Å². The Hall–Kier alpha value is -2.22. The Morgan fingerprint density at radius 1 is 0.517 bits per heavy atom. The van der Waals surface area contributed by atoms with E-state index in [9.17, 15) is 0 Å². The molecule has 58 heavy (non-hydrogen) atoms. The number of rotatable bonds is 10. The summed E-state index contributed by atoms with van der Waals surface area (Å²) in [5.41, 5.74) is 12.3. The summed E-state index contributed by atoms with van der Waals surface area (Å²) in [6.45, 7) is 12.1. The molecule has 0 heterocycles. The molecule has 0 spiro atoms. The number of fused-ring (bicyclic) bond motifs is 2. The first-order valence-corrected chi connectivity index (χ1v) is 25.3. The fourth-order valence-corrected chi connectivity index (χ4v) is 10.3. The molecule has 6 aromatic rings. The second-order valence-electron chi connectivity index (χ2n) is 17.1. The summed E-state index contributed by atoms with van der Waals surface area (Å²) in [5.74, 6) is 0. The van der Waals surface area contributed by atoms with E-state index >= 15 is 0 Å². The van der Waals surface area contributed by atoms with Crippen molar-refractivity contribution in [1.29, 1.82) is 0 Å². The van der Waals surface area contributed by atoms with Gasteiger partial charge in [0.1, 0.15) is 0 Å². The van der Waals surface area contributed by atoms with Gasteiger partial charge in [-0.1, -0.05) is 148 Å². The maximum atomic E-state index is 3.06. The number of hydrogen-bond donors (Lipinski definition) is 0. The Bertz CT molecular complexity index is 1900. The van der Waals surface area contributed by atoms with Crippen molar-refractivity contribution in [1.82, 2.24) is 0 Å². The first-order chi connectivity index (χ1) is 26.4. The molecule has 0 atom stereocenters. The summed E-state index contributed by atoms with van der Waals surface area (Å²) in [6.07, 6.45) is 22.2. The fraction of sp³-hybridized carbons (Fsp3) is 0.407. The van der Waals surface area contributed by atoms with Crippen molar-refractivity contribution in [2.45, 2.75) is 130 Å². The van der Waals surface area contributed by atoms with Gasteiger partial charge in [-0.05, 0) is 87.2 Å². The van der Waals surface area contributed by atoms with Crippen LogP contribution in [-0.2, 0) is 36.2 Å². The summed E-state index contributed by atoms with van der Waals surface area (Å²) < 4.78 is 0. The van der Waals surface area contributed by atoms with Gasteiger partial charge in [0.25, 0.3) is 0 Å². The van der Waals surface area contributed by atoms with Gasteiger partial charge in [-0.25, -0.2) is 0 Å². The number of halogens is 2. The zero-order chi connectivity index (χ0) is 38.0. The molecule has 0 unspecified atom stereocenters. The van der Waals surface area contributed by atoms with Gasteiger partial charge < -0.3 is 14.9 Å². The van der Waals surface area contributed by atoms with Gasteiger partial charge in [0.2, 0.25) is 0 Å². The average Bonchev–Trinajstić information content (AvgIpc) is 3.80. The minimum atomic E-state index is 0. The maximum absolute atomic E-state index is 3.06. The van der Waals surface area contributed by atoms with Crippen LogP contribution in [0.2, 0.25) is 0 Å². The second kappa shape index (κ2) is 24.9. The molecule has 2 fully saturated rings. The van der Waals surface area contributed by atoms with E-state index in [1.165, 1.54) is 181 Å². The molecule has 0 amide bonds. The topological polar surface area (TPSA) is 0 Å². The summed E-state index contributed by atoms with van der Waals surface area (Å²) in [4.78, 5) is 0. The summed E-state index contributed by atoms with van der Waals surface area (Å²) in [5, 5.41) is 5.66. The van der Waals surface area contributed by atoms with Crippen LogP contribution in [0.4, 0.5) is 0 Å². The van der Waals surface area contributed by atoms with Gasteiger partial charge in [0, 0.05) is 0 Å². The zero-order valence-electron chi connectivity index (χ0n) is 36.5. The molecule has 6 aromatic carbocycles. The van der Waals surface area contributed by atoms with Crippen molar-refractivity contribution in [3.05, 3.63) is 146 Å². The third-order valence-corrected chi connectivity index (χ3v) is 12.9. The third-order valence-electron chi connectivity index (χ3n) is 12.9. The van der Waals surface area contributed by atoms with Crippen LogP contribution in [0.3, 0.4) is 0 Å². The van der Waals surface area contributed by atoms with Gasteiger partial charge in [0.05, 0.1) is 0 Å². The molecule has 0 nitrogen and oxygen atoms in total. The molecule has 8 rings (SSSR count). The molecule has 2 aliphatic rings. The van der Waals surface area contributed by atoms with Crippen molar-refractivity contribution in [2.24, 2.45) is 10.8 Å². The number of benzene rings is 4. The molecule has 0 bridgehead atoms. The van der Waals surface area contributed by atoms with Gasteiger partial charge in [-0.15, -0.1) is 93.9 Å². The first kappa shape index (κ1) is 51.9. The van der Waals surface area contributed by atoms with Crippen LogP contribution in [0, 0.1) is 39.5 Å². The van der Waals surface area contributed by atoms with E-state index in [0.29, 0.717) is 10.8 Å². The van der Waals surface area contributed by atoms with Gasteiger partial charge in [-0.3, -0.25) is 0 Å². The van der Waals surface area contributed by atoms with Gasteiger partial charge >= 0.3 is 30.2 Å². The quantitative estimate of drug-likeness (QED) is 0.0949. The van der Waals surface area contributed by atoms with Crippen molar-refractivity contribution in [2.75, 3.05) is 0 Å². The van der Waals surface area contributed by atoms with Crippen molar-refractivity contribution < 1.29 is 23.3 Å². The molecular formula is C54H70Cl2SiZr-4. The molecule has 2 radical (unpaired) electrons. The van der Waals surface area contributed by atoms with Crippen LogP contribution in [0.5, 0.6) is 0 Å². The molecule has 0 N–H and O–H groups in total. The summed E-state index contributed by atoms with van der Waals surface area (Å²) >= 11 is 1.36. The molecule has 0 aromatic heterocycles. The zero-order valence-corrected chi connectivity index (χ0v) is 41.6. The molecule has 0 aliphatic heterocycles. The summed E-state index contributed by atoms with van der Waals surface area (Å²) in [6, 6.07) is 41.3. The molecule has 4 heteroatoms. The van der Waals surface area contributed by atoms with Crippen LogP contribution >= 0.6 is 24.8 Å². The fourth-order valence-electron chi connectivity index (χ4n) is 10.3. The average molecular weight is 909 g/mol. The Morgan fingerprint density at radius 3 is 1.19 bits per heavy atom. The molecule has 0 saturated heterocycles. The molecule has 2 aliphatic carbocycles. The monoisotopic (exact) mass is 906 g/mol. The number of aryl methyl sites for hydroxylation is 2. The van der Waals surface area contributed by atoms with Crippen LogP contribution in [0.15, 0.2) is 109 Å². The minimum absolute atomic E-state index is 0. The predicted molar refractivity (Wildman–Crippen MR) is 261 cm³/mol. The van der Waals surface area contributed by atoms with E-state index < -0.39 is 0 Å². The van der Waals surface area contributed by atoms with E-state index in [-0.39, 0.29) is 39.7 Å². The summed E-state index contributed by atoms with van der Waals surface area (Å²) in [7, 11) is 0. The first-order valence-electron chi connectivity index (χ1n) is 21.1. The van der Waals surface area contributed by atoms with Gasteiger partial charge in [-0.2, -0.15) is 12.1 Å². The molecule has 2 saturated carbocycles. The van der Waals surface area contributed by atoms with Crippen LogP contribution in [0.1, 0.15) is 126 Å². The predicted octanol–water partition coefficient (Wildman–Crippen LogP) is 17.0. The van der Waals surface area contributed by atoms with Crippen LogP contribution in [-0.4, -0.2) is 6.88 Å². The Morgan fingerprint density at radius 2 is 0.862 bits per heavy atom. The number of hydrogen-bond acceptors (Lipinski definition) is 0. The van der Waals surface area contributed by atoms with Crippen LogP contribution < -0.4 is 0 Å². The van der Waals surface area contributed by atoms with E-state index in [4.69, 9.17) is 0 Å². The molecular weight excluding hydrogens is 839 g/mol. The van der Waals surface area contributed by atoms with E-state index in [1.54, 1.807) is 11.1 Å². The SMILES string of the molecule is CCCC1(Cc2cc3c(-c4ccc(C)cc4)cccc3[cH-]2)CCCCC1.CCCC1(Cc2cc3c(-c4ccc(C)cc4)cccc3[cH-]2)CCCCC1.Cl.Cl.[CH3-].[CH3-].[Si]=[Zr]. The van der Waals surface area contributed by atoms with E-state index in [2.05, 4.69) is 144 Å². The van der Waals surface area contributed by atoms with E-state index in [0.717, 1.165) is 0 Å². The molecule has 312 valence electrons. The van der Waals surface area contributed by atoms with Gasteiger partial charge in [0.15, 0.2) is 0 Å².